The van der Waals surface area contributed by atoms with E-state index in [4.69, 9.17) is 0 Å². The number of benzene rings is 2. The fourth-order valence-corrected chi connectivity index (χ4v) is 2.82. The quantitative estimate of drug-likeness (QED) is 0.776. The standard InChI is InChI=1S/C15H13NOS/c17-14(10-15-16-8-9-18-15)13-7-3-5-11-4-1-2-6-12(11)13/h1-9,14,17H,10H2. The Morgan fingerprint density at radius 3 is 2.78 bits per heavy atom. The summed E-state index contributed by atoms with van der Waals surface area (Å²) in [5, 5.41) is 15.5. The van der Waals surface area contributed by atoms with Crippen LogP contribution >= 0.6 is 11.3 Å². The number of aromatic nitrogens is 1. The van der Waals surface area contributed by atoms with E-state index in [0.717, 1.165) is 21.3 Å². The first-order chi connectivity index (χ1) is 8.84. The Morgan fingerprint density at radius 2 is 1.94 bits per heavy atom. The van der Waals surface area contributed by atoms with Gasteiger partial charge in [0.05, 0.1) is 11.1 Å². The summed E-state index contributed by atoms with van der Waals surface area (Å²) in [5.41, 5.74) is 0.975. The van der Waals surface area contributed by atoms with Crippen LogP contribution in [-0.2, 0) is 6.42 Å². The summed E-state index contributed by atoms with van der Waals surface area (Å²) in [5.74, 6) is 0. The van der Waals surface area contributed by atoms with Crippen LogP contribution in [0.1, 0.15) is 16.7 Å². The molecule has 0 spiro atoms. The Bertz CT molecular complexity index is 643. The topological polar surface area (TPSA) is 33.1 Å². The van der Waals surface area contributed by atoms with Gasteiger partial charge in [-0.05, 0) is 16.3 Å². The number of nitrogens with zero attached hydrogens (tertiary/aromatic N) is 1. The number of aliphatic hydroxyl groups excluding tert-OH is 1. The molecule has 0 amide bonds. The van der Waals surface area contributed by atoms with Gasteiger partial charge in [0.15, 0.2) is 0 Å². The first kappa shape index (κ1) is 11.4. The van der Waals surface area contributed by atoms with Crippen LogP contribution in [0.15, 0.2) is 54.0 Å². The first-order valence-corrected chi connectivity index (χ1v) is 6.76. The Hall–Kier alpha value is -1.71. The molecule has 1 aromatic heterocycles. The third kappa shape index (κ3) is 2.15. The lowest BCUT2D eigenvalue weighted by Gasteiger charge is -2.12. The highest BCUT2D eigenvalue weighted by Crippen LogP contribution is 2.26. The second kappa shape index (κ2) is 4.88. The maximum absolute atomic E-state index is 10.4. The molecule has 0 bridgehead atoms. The van der Waals surface area contributed by atoms with Gasteiger partial charge in [-0.25, -0.2) is 4.98 Å². The van der Waals surface area contributed by atoms with E-state index in [1.165, 1.54) is 0 Å². The highest BCUT2D eigenvalue weighted by molar-refractivity contribution is 7.09. The highest BCUT2D eigenvalue weighted by Gasteiger charge is 2.12. The molecule has 0 fully saturated rings. The molecule has 0 saturated heterocycles. The van der Waals surface area contributed by atoms with E-state index in [1.807, 2.05) is 29.6 Å². The first-order valence-electron chi connectivity index (χ1n) is 5.89. The summed E-state index contributed by atoms with van der Waals surface area (Å²) in [6, 6.07) is 14.2. The highest BCUT2D eigenvalue weighted by atomic mass is 32.1. The predicted molar refractivity (Wildman–Crippen MR) is 74.7 cm³/mol. The zero-order valence-electron chi connectivity index (χ0n) is 9.78. The molecule has 0 aliphatic carbocycles. The summed E-state index contributed by atoms with van der Waals surface area (Å²) < 4.78 is 0. The van der Waals surface area contributed by atoms with Crippen molar-refractivity contribution in [2.75, 3.05) is 0 Å². The summed E-state index contributed by atoms with van der Waals surface area (Å²) in [4.78, 5) is 4.22. The van der Waals surface area contributed by atoms with E-state index in [2.05, 4.69) is 23.2 Å². The van der Waals surface area contributed by atoms with Gasteiger partial charge in [0.1, 0.15) is 0 Å². The molecule has 0 saturated carbocycles. The fourth-order valence-electron chi connectivity index (χ4n) is 2.17. The smallest absolute Gasteiger partial charge is 0.0954 e. The molecule has 3 aromatic rings. The van der Waals surface area contributed by atoms with Gasteiger partial charge in [-0.2, -0.15) is 0 Å². The number of rotatable bonds is 3. The Morgan fingerprint density at radius 1 is 1.11 bits per heavy atom. The Kier molecular flexibility index (Phi) is 3.09. The lowest BCUT2D eigenvalue weighted by Crippen LogP contribution is -2.02. The van der Waals surface area contributed by atoms with E-state index >= 15 is 0 Å². The lowest BCUT2D eigenvalue weighted by atomic mass is 9.99. The maximum Gasteiger partial charge on any atom is 0.0954 e. The molecular weight excluding hydrogens is 242 g/mol. The van der Waals surface area contributed by atoms with Crippen molar-refractivity contribution in [2.45, 2.75) is 12.5 Å². The molecule has 0 radical (unpaired) electrons. The second-order valence-corrected chi connectivity index (χ2v) is 5.19. The van der Waals surface area contributed by atoms with Crippen LogP contribution in [0.3, 0.4) is 0 Å². The third-order valence-corrected chi connectivity index (χ3v) is 3.84. The second-order valence-electron chi connectivity index (χ2n) is 4.21. The van der Waals surface area contributed by atoms with Crippen LogP contribution in [0.2, 0.25) is 0 Å². The Balaban J connectivity index is 1.98. The van der Waals surface area contributed by atoms with Crippen molar-refractivity contribution in [1.82, 2.24) is 4.98 Å². The largest absolute Gasteiger partial charge is 0.388 e. The third-order valence-electron chi connectivity index (χ3n) is 3.03. The SMILES string of the molecule is OC(Cc1nccs1)c1cccc2ccccc12. The zero-order chi connectivity index (χ0) is 12.4. The zero-order valence-corrected chi connectivity index (χ0v) is 10.6. The van der Waals surface area contributed by atoms with Gasteiger partial charge in [0.25, 0.3) is 0 Å². The molecule has 3 rings (SSSR count). The minimum atomic E-state index is -0.498. The average Bonchev–Trinajstić information content (AvgIpc) is 2.91. The van der Waals surface area contributed by atoms with E-state index in [-0.39, 0.29) is 0 Å². The van der Waals surface area contributed by atoms with E-state index in [9.17, 15) is 5.11 Å². The summed E-state index contributed by atoms with van der Waals surface area (Å²) >= 11 is 1.58. The minimum Gasteiger partial charge on any atom is -0.388 e. The van der Waals surface area contributed by atoms with Gasteiger partial charge in [0, 0.05) is 18.0 Å². The molecule has 1 atom stereocenters. The molecule has 1 heterocycles. The van der Waals surface area contributed by atoms with Crippen molar-refractivity contribution in [3.8, 4) is 0 Å². The molecule has 2 aromatic carbocycles. The molecule has 18 heavy (non-hydrogen) atoms. The van der Waals surface area contributed by atoms with Crippen LogP contribution < -0.4 is 0 Å². The summed E-state index contributed by atoms with van der Waals surface area (Å²) in [6.07, 6.45) is 1.85. The van der Waals surface area contributed by atoms with Crippen LogP contribution in [-0.4, -0.2) is 10.1 Å². The Labute approximate surface area is 110 Å². The van der Waals surface area contributed by atoms with Crippen LogP contribution in [0, 0.1) is 0 Å². The van der Waals surface area contributed by atoms with Crippen molar-refractivity contribution < 1.29 is 5.11 Å². The van der Waals surface area contributed by atoms with Gasteiger partial charge in [-0.1, -0.05) is 42.5 Å². The molecule has 90 valence electrons. The van der Waals surface area contributed by atoms with Crippen LogP contribution in [0.5, 0.6) is 0 Å². The number of thiazole rings is 1. The van der Waals surface area contributed by atoms with Gasteiger partial charge in [0.2, 0.25) is 0 Å². The fraction of sp³-hybridized carbons (Fsp3) is 0.133. The minimum absolute atomic E-state index is 0.498. The van der Waals surface area contributed by atoms with Crippen molar-refractivity contribution in [1.29, 1.82) is 0 Å². The van der Waals surface area contributed by atoms with Gasteiger partial charge >= 0.3 is 0 Å². The predicted octanol–water partition coefficient (Wildman–Crippen LogP) is 3.57. The summed E-state index contributed by atoms with van der Waals surface area (Å²) in [7, 11) is 0. The molecule has 1 N–H and O–H groups in total. The molecule has 2 nitrogen and oxygen atoms in total. The van der Waals surface area contributed by atoms with Crippen molar-refractivity contribution in [3.05, 3.63) is 64.6 Å². The molecule has 0 aliphatic rings. The van der Waals surface area contributed by atoms with Crippen LogP contribution in [0.25, 0.3) is 10.8 Å². The average molecular weight is 255 g/mol. The summed E-state index contributed by atoms with van der Waals surface area (Å²) in [6.45, 7) is 0. The van der Waals surface area contributed by atoms with Crippen molar-refractivity contribution in [3.63, 3.8) is 0 Å². The number of fused-ring (bicyclic) bond motifs is 1. The normalized spacial score (nSPS) is 12.7. The lowest BCUT2D eigenvalue weighted by molar-refractivity contribution is 0.180. The van der Waals surface area contributed by atoms with E-state index < -0.39 is 6.10 Å². The molecule has 0 aliphatic heterocycles. The maximum atomic E-state index is 10.4. The number of hydrogen-bond donors (Lipinski definition) is 1. The van der Waals surface area contributed by atoms with Crippen molar-refractivity contribution >= 4 is 22.1 Å². The van der Waals surface area contributed by atoms with Gasteiger partial charge in [-0.15, -0.1) is 11.3 Å². The molecular formula is C15H13NOS. The molecule has 1 unspecified atom stereocenters. The monoisotopic (exact) mass is 255 g/mol. The van der Waals surface area contributed by atoms with E-state index in [1.54, 1.807) is 17.5 Å². The van der Waals surface area contributed by atoms with E-state index in [0.29, 0.717) is 6.42 Å². The number of aliphatic hydroxyl groups is 1. The van der Waals surface area contributed by atoms with Crippen LogP contribution in [0.4, 0.5) is 0 Å². The number of hydrogen-bond acceptors (Lipinski definition) is 3. The van der Waals surface area contributed by atoms with Crippen molar-refractivity contribution in [2.24, 2.45) is 0 Å². The van der Waals surface area contributed by atoms with Gasteiger partial charge < -0.3 is 5.11 Å². The molecule has 3 heteroatoms. The van der Waals surface area contributed by atoms with Gasteiger partial charge in [-0.3, -0.25) is 0 Å².